The number of rotatable bonds is 3. The van der Waals surface area contributed by atoms with E-state index in [9.17, 15) is 0 Å². The molecule has 0 radical (unpaired) electrons. The molecule has 88 valence electrons. The fraction of sp³-hybridized carbons (Fsp3) is 1.00. The van der Waals surface area contributed by atoms with Crippen LogP contribution in [0.15, 0.2) is 0 Å². The standard InChI is InChI=1S/C12H24N2O/c1-12(6-3-9-15-12)10-13-11-4-7-14(2)8-5-11/h11,13H,3-10H2,1-2H3. The van der Waals surface area contributed by atoms with Gasteiger partial charge in [0.2, 0.25) is 0 Å². The second kappa shape index (κ2) is 4.81. The first kappa shape index (κ1) is 11.4. The lowest BCUT2D eigenvalue weighted by Crippen LogP contribution is -2.46. The molecule has 1 atom stereocenters. The Hall–Kier alpha value is -0.120. The van der Waals surface area contributed by atoms with Gasteiger partial charge in [-0.05, 0) is 52.7 Å². The number of piperidine rings is 1. The molecule has 2 fully saturated rings. The fourth-order valence-corrected chi connectivity index (χ4v) is 2.55. The summed E-state index contributed by atoms with van der Waals surface area (Å²) in [5, 5.41) is 3.67. The van der Waals surface area contributed by atoms with E-state index in [1.54, 1.807) is 0 Å². The van der Waals surface area contributed by atoms with Gasteiger partial charge in [-0.3, -0.25) is 0 Å². The van der Waals surface area contributed by atoms with Gasteiger partial charge in [0.15, 0.2) is 0 Å². The first-order valence-corrected chi connectivity index (χ1v) is 6.24. The van der Waals surface area contributed by atoms with Crippen molar-refractivity contribution in [3.05, 3.63) is 0 Å². The second-order valence-electron chi connectivity index (χ2n) is 5.36. The molecule has 0 aliphatic carbocycles. The molecular weight excluding hydrogens is 188 g/mol. The number of hydrogen-bond donors (Lipinski definition) is 1. The van der Waals surface area contributed by atoms with E-state index in [0.717, 1.165) is 13.2 Å². The van der Waals surface area contributed by atoms with Gasteiger partial charge in [-0.2, -0.15) is 0 Å². The topological polar surface area (TPSA) is 24.5 Å². The Kier molecular flexibility index (Phi) is 3.65. The molecule has 3 heteroatoms. The maximum Gasteiger partial charge on any atom is 0.0779 e. The van der Waals surface area contributed by atoms with Crippen LogP contribution in [0.5, 0.6) is 0 Å². The number of nitrogens with one attached hydrogen (secondary N) is 1. The first-order chi connectivity index (χ1) is 7.18. The summed E-state index contributed by atoms with van der Waals surface area (Å²) in [5.74, 6) is 0. The molecule has 2 saturated heterocycles. The van der Waals surface area contributed by atoms with E-state index in [2.05, 4.69) is 24.2 Å². The minimum absolute atomic E-state index is 0.114. The Labute approximate surface area is 93.2 Å². The van der Waals surface area contributed by atoms with Crippen molar-refractivity contribution in [1.29, 1.82) is 0 Å². The Morgan fingerprint density at radius 1 is 1.40 bits per heavy atom. The van der Waals surface area contributed by atoms with Crippen molar-refractivity contribution < 1.29 is 4.74 Å². The minimum atomic E-state index is 0.114. The predicted molar refractivity (Wildman–Crippen MR) is 62.1 cm³/mol. The fourth-order valence-electron chi connectivity index (χ4n) is 2.55. The summed E-state index contributed by atoms with van der Waals surface area (Å²) >= 11 is 0. The van der Waals surface area contributed by atoms with Gasteiger partial charge >= 0.3 is 0 Å². The molecule has 2 rings (SSSR count). The minimum Gasteiger partial charge on any atom is -0.374 e. The summed E-state index contributed by atoms with van der Waals surface area (Å²) in [6, 6.07) is 0.710. The molecule has 0 saturated carbocycles. The molecule has 0 spiro atoms. The molecule has 0 aromatic heterocycles. The van der Waals surface area contributed by atoms with E-state index in [0.29, 0.717) is 6.04 Å². The molecule has 15 heavy (non-hydrogen) atoms. The highest BCUT2D eigenvalue weighted by molar-refractivity contribution is 4.85. The van der Waals surface area contributed by atoms with Gasteiger partial charge in [0.1, 0.15) is 0 Å². The molecule has 0 bridgehead atoms. The molecule has 2 aliphatic heterocycles. The van der Waals surface area contributed by atoms with E-state index in [1.807, 2.05) is 0 Å². The zero-order valence-electron chi connectivity index (χ0n) is 10.1. The van der Waals surface area contributed by atoms with Crippen LogP contribution in [0.3, 0.4) is 0 Å². The van der Waals surface area contributed by atoms with Crippen LogP contribution in [0, 0.1) is 0 Å². The largest absolute Gasteiger partial charge is 0.374 e. The van der Waals surface area contributed by atoms with Crippen LogP contribution in [0.1, 0.15) is 32.6 Å². The number of nitrogens with zero attached hydrogens (tertiary/aromatic N) is 1. The van der Waals surface area contributed by atoms with Crippen LogP contribution in [-0.4, -0.2) is 49.8 Å². The molecular formula is C12H24N2O. The third kappa shape index (κ3) is 3.16. The Balaban J connectivity index is 1.69. The summed E-state index contributed by atoms with van der Waals surface area (Å²) in [5.41, 5.74) is 0.114. The summed E-state index contributed by atoms with van der Waals surface area (Å²) in [6.07, 6.45) is 5.01. The van der Waals surface area contributed by atoms with Crippen LogP contribution in [0.2, 0.25) is 0 Å². The lowest BCUT2D eigenvalue weighted by atomic mass is 10.0. The van der Waals surface area contributed by atoms with Gasteiger partial charge in [-0.25, -0.2) is 0 Å². The van der Waals surface area contributed by atoms with Gasteiger partial charge < -0.3 is 15.0 Å². The monoisotopic (exact) mass is 212 g/mol. The van der Waals surface area contributed by atoms with Gasteiger partial charge in [0.25, 0.3) is 0 Å². The van der Waals surface area contributed by atoms with Gasteiger partial charge in [0.05, 0.1) is 5.60 Å². The van der Waals surface area contributed by atoms with Crippen LogP contribution < -0.4 is 5.32 Å². The highest BCUT2D eigenvalue weighted by Crippen LogP contribution is 2.24. The zero-order chi connectivity index (χ0) is 10.7. The van der Waals surface area contributed by atoms with E-state index < -0.39 is 0 Å². The first-order valence-electron chi connectivity index (χ1n) is 6.24. The lowest BCUT2D eigenvalue weighted by molar-refractivity contribution is 0.0170. The van der Waals surface area contributed by atoms with Crippen molar-refractivity contribution in [2.75, 3.05) is 33.3 Å². The third-order valence-electron chi connectivity index (χ3n) is 3.78. The molecule has 0 aromatic carbocycles. The number of hydrogen-bond acceptors (Lipinski definition) is 3. The number of likely N-dealkylation sites (tertiary alicyclic amines) is 1. The van der Waals surface area contributed by atoms with Gasteiger partial charge in [-0.15, -0.1) is 0 Å². The summed E-state index contributed by atoms with van der Waals surface area (Å²) in [6.45, 7) is 6.68. The van der Waals surface area contributed by atoms with Crippen molar-refractivity contribution in [3.8, 4) is 0 Å². The molecule has 2 aliphatic rings. The van der Waals surface area contributed by atoms with Crippen LogP contribution in [-0.2, 0) is 4.74 Å². The Morgan fingerprint density at radius 3 is 2.73 bits per heavy atom. The van der Waals surface area contributed by atoms with Crippen LogP contribution in [0.25, 0.3) is 0 Å². The lowest BCUT2D eigenvalue weighted by Gasteiger charge is -2.32. The van der Waals surface area contributed by atoms with Crippen molar-refractivity contribution >= 4 is 0 Å². The predicted octanol–water partition coefficient (Wildman–Crippen LogP) is 1.24. The molecule has 1 unspecified atom stereocenters. The number of ether oxygens (including phenoxy) is 1. The quantitative estimate of drug-likeness (QED) is 0.762. The maximum atomic E-state index is 5.78. The van der Waals surface area contributed by atoms with Crippen LogP contribution >= 0.6 is 0 Å². The second-order valence-corrected chi connectivity index (χ2v) is 5.36. The third-order valence-corrected chi connectivity index (χ3v) is 3.78. The highest BCUT2D eigenvalue weighted by atomic mass is 16.5. The van der Waals surface area contributed by atoms with E-state index in [-0.39, 0.29) is 5.60 Å². The van der Waals surface area contributed by atoms with E-state index in [1.165, 1.54) is 38.8 Å². The smallest absolute Gasteiger partial charge is 0.0779 e. The maximum absolute atomic E-state index is 5.78. The normalized spacial score (nSPS) is 34.8. The average Bonchev–Trinajstić information content (AvgIpc) is 2.65. The molecule has 2 heterocycles. The summed E-state index contributed by atoms with van der Waals surface area (Å²) in [4.78, 5) is 2.41. The summed E-state index contributed by atoms with van der Waals surface area (Å²) < 4.78 is 5.78. The van der Waals surface area contributed by atoms with Crippen molar-refractivity contribution in [3.63, 3.8) is 0 Å². The van der Waals surface area contributed by atoms with Gasteiger partial charge in [0, 0.05) is 19.2 Å². The summed E-state index contributed by atoms with van der Waals surface area (Å²) in [7, 11) is 2.21. The van der Waals surface area contributed by atoms with Crippen molar-refractivity contribution in [2.24, 2.45) is 0 Å². The van der Waals surface area contributed by atoms with Crippen molar-refractivity contribution in [2.45, 2.75) is 44.2 Å². The van der Waals surface area contributed by atoms with E-state index in [4.69, 9.17) is 4.74 Å². The Bertz CT molecular complexity index is 194. The van der Waals surface area contributed by atoms with Crippen LogP contribution in [0.4, 0.5) is 0 Å². The highest BCUT2D eigenvalue weighted by Gasteiger charge is 2.30. The Morgan fingerprint density at radius 2 is 2.13 bits per heavy atom. The van der Waals surface area contributed by atoms with Gasteiger partial charge in [-0.1, -0.05) is 0 Å². The molecule has 1 N–H and O–H groups in total. The molecule has 0 amide bonds. The SMILES string of the molecule is CN1CCC(NCC2(C)CCCO2)CC1. The molecule has 3 nitrogen and oxygen atoms in total. The molecule has 0 aromatic rings. The zero-order valence-corrected chi connectivity index (χ0v) is 10.1. The average molecular weight is 212 g/mol. The van der Waals surface area contributed by atoms with E-state index >= 15 is 0 Å². The van der Waals surface area contributed by atoms with Crippen molar-refractivity contribution in [1.82, 2.24) is 10.2 Å².